The van der Waals surface area contributed by atoms with Crippen LogP contribution in [0.15, 0.2) is 192 Å². The Balaban J connectivity index is 1.12. The predicted octanol–water partition coefficient (Wildman–Crippen LogP) is 12.9. The van der Waals surface area contributed by atoms with Crippen LogP contribution in [0, 0.1) is 0 Å². The van der Waals surface area contributed by atoms with Gasteiger partial charge in [-0.2, -0.15) is 0 Å². The Labute approximate surface area is 295 Å². The van der Waals surface area contributed by atoms with E-state index >= 15 is 0 Å². The highest BCUT2D eigenvalue weighted by atomic mass is 16.3. The first-order chi connectivity index (χ1) is 25.3. The number of anilines is 3. The van der Waals surface area contributed by atoms with Gasteiger partial charge in [-0.15, -0.1) is 0 Å². The zero-order chi connectivity index (χ0) is 33.7. The van der Waals surface area contributed by atoms with Crippen molar-refractivity contribution in [3.63, 3.8) is 0 Å². The lowest BCUT2D eigenvalue weighted by Crippen LogP contribution is -2.09. The van der Waals surface area contributed by atoms with Gasteiger partial charge in [0.05, 0.1) is 11.0 Å². The summed E-state index contributed by atoms with van der Waals surface area (Å²) < 4.78 is 8.84. The van der Waals surface area contributed by atoms with Gasteiger partial charge in [0.2, 0.25) is 5.89 Å². The molecule has 0 radical (unpaired) electrons. The fraction of sp³-hybridized carbons (Fsp3) is 0. The summed E-state index contributed by atoms with van der Waals surface area (Å²) in [5.74, 6) is 0.624. The van der Waals surface area contributed by atoms with E-state index in [9.17, 15) is 0 Å². The number of benzene rings is 8. The molecule has 0 amide bonds. The first kappa shape index (κ1) is 29.0. The summed E-state index contributed by atoms with van der Waals surface area (Å²) in [6, 6.07) is 66.2. The first-order valence-corrected chi connectivity index (χ1v) is 17.2. The van der Waals surface area contributed by atoms with Crippen LogP contribution in [-0.4, -0.2) is 9.55 Å². The zero-order valence-corrected chi connectivity index (χ0v) is 27.6. The van der Waals surface area contributed by atoms with E-state index in [0.717, 1.165) is 61.3 Å². The molecule has 2 aromatic heterocycles. The molecule has 0 spiro atoms. The monoisotopic (exact) mass is 653 g/mol. The summed E-state index contributed by atoms with van der Waals surface area (Å²) in [6.07, 6.45) is 0. The molecule has 0 unspecified atom stereocenters. The van der Waals surface area contributed by atoms with Crippen LogP contribution >= 0.6 is 0 Å². The fourth-order valence-electron chi connectivity index (χ4n) is 7.43. The van der Waals surface area contributed by atoms with Crippen LogP contribution in [0.4, 0.5) is 17.1 Å². The summed E-state index contributed by atoms with van der Waals surface area (Å²) in [5, 5.41) is 4.61. The average Bonchev–Trinajstić information content (AvgIpc) is 3.80. The SMILES string of the molecule is c1ccc(-c2nc3c(-c4ccc(N(c5ccccc5)c5ccc6c(c5)c5ccccc5n6-c5ccccc5)cc4)cc4ccccc4c3o2)cc1. The minimum Gasteiger partial charge on any atom is -0.435 e. The van der Waals surface area contributed by atoms with Crippen molar-refractivity contribution < 1.29 is 4.42 Å². The third-order valence-electron chi connectivity index (χ3n) is 9.79. The van der Waals surface area contributed by atoms with Crippen LogP contribution < -0.4 is 4.90 Å². The number of aromatic nitrogens is 2. The van der Waals surface area contributed by atoms with Gasteiger partial charge < -0.3 is 13.9 Å². The van der Waals surface area contributed by atoms with Crippen LogP contribution in [0.5, 0.6) is 0 Å². The van der Waals surface area contributed by atoms with Crippen molar-refractivity contribution in [2.45, 2.75) is 0 Å². The molecule has 0 N–H and O–H groups in total. The van der Waals surface area contributed by atoms with E-state index in [1.807, 2.05) is 30.3 Å². The topological polar surface area (TPSA) is 34.2 Å². The van der Waals surface area contributed by atoms with Crippen molar-refractivity contribution in [2.24, 2.45) is 0 Å². The van der Waals surface area contributed by atoms with E-state index in [1.165, 1.54) is 21.8 Å². The highest BCUT2D eigenvalue weighted by Gasteiger charge is 2.19. The van der Waals surface area contributed by atoms with Crippen LogP contribution in [0.2, 0.25) is 0 Å². The molecule has 8 aromatic carbocycles. The number of para-hydroxylation sites is 3. The van der Waals surface area contributed by atoms with Gasteiger partial charge in [-0.05, 0) is 89.8 Å². The number of nitrogens with zero attached hydrogens (tertiary/aromatic N) is 3. The van der Waals surface area contributed by atoms with E-state index in [1.54, 1.807) is 0 Å². The second kappa shape index (κ2) is 11.9. The largest absolute Gasteiger partial charge is 0.435 e. The fourth-order valence-corrected chi connectivity index (χ4v) is 7.43. The predicted molar refractivity (Wildman–Crippen MR) is 211 cm³/mol. The molecule has 0 atom stereocenters. The molecule has 4 nitrogen and oxygen atoms in total. The molecular weight excluding hydrogens is 623 g/mol. The van der Waals surface area contributed by atoms with E-state index < -0.39 is 0 Å². The molecule has 51 heavy (non-hydrogen) atoms. The molecular formula is C47H31N3O. The molecule has 0 saturated carbocycles. The van der Waals surface area contributed by atoms with E-state index in [2.05, 4.69) is 167 Å². The Morgan fingerprint density at radius 1 is 0.451 bits per heavy atom. The summed E-state index contributed by atoms with van der Waals surface area (Å²) >= 11 is 0. The van der Waals surface area contributed by atoms with Gasteiger partial charge in [0, 0.05) is 50.0 Å². The zero-order valence-electron chi connectivity index (χ0n) is 27.6. The first-order valence-electron chi connectivity index (χ1n) is 17.2. The van der Waals surface area contributed by atoms with E-state index in [4.69, 9.17) is 9.40 Å². The Bertz CT molecular complexity index is 2840. The van der Waals surface area contributed by atoms with Crippen molar-refractivity contribution in [2.75, 3.05) is 4.90 Å². The van der Waals surface area contributed by atoms with Gasteiger partial charge in [-0.1, -0.05) is 109 Å². The second-order valence-corrected chi connectivity index (χ2v) is 12.8. The molecule has 0 fully saturated rings. The van der Waals surface area contributed by atoms with Gasteiger partial charge in [-0.3, -0.25) is 0 Å². The van der Waals surface area contributed by atoms with Crippen molar-refractivity contribution in [3.05, 3.63) is 188 Å². The maximum atomic E-state index is 6.48. The van der Waals surface area contributed by atoms with Gasteiger partial charge in [0.25, 0.3) is 0 Å². The van der Waals surface area contributed by atoms with Gasteiger partial charge >= 0.3 is 0 Å². The lowest BCUT2D eigenvalue weighted by atomic mass is 9.99. The quantitative estimate of drug-likeness (QED) is 0.179. The molecule has 0 saturated heterocycles. The molecule has 10 rings (SSSR count). The third-order valence-corrected chi connectivity index (χ3v) is 9.79. The summed E-state index contributed by atoms with van der Waals surface area (Å²) in [5.41, 5.74) is 11.5. The van der Waals surface area contributed by atoms with Crippen LogP contribution in [0.1, 0.15) is 0 Å². The molecule has 0 aliphatic heterocycles. The minimum atomic E-state index is 0.624. The highest BCUT2D eigenvalue weighted by Crippen LogP contribution is 2.42. The Morgan fingerprint density at radius 2 is 1.06 bits per heavy atom. The van der Waals surface area contributed by atoms with E-state index in [-0.39, 0.29) is 0 Å². The summed E-state index contributed by atoms with van der Waals surface area (Å²) in [4.78, 5) is 7.39. The van der Waals surface area contributed by atoms with Crippen molar-refractivity contribution >= 4 is 60.7 Å². The third kappa shape index (κ3) is 4.88. The standard InChI is InChI=1S/C47H31N3O/c1-4-14-33(15-5-1)47-48-45-41(30-34-16-10-11-21-39(34)46(45)51-47)32-24-26-37(27-25-32)49(35-17-6-2-7-18-35)38-28-29-44-42(31-38)40-22-12-13-23-43(40)50(44)36-19-8-3-9-20-36/h1-31H. The Morgan fingerprint density at radius 3 is 1.84 bits per heavy atom. The minimum absolute atomic E-state index is 0.624. The highest BCUT2D eigenvalue weighted by molar-refractivity contribution is 6.11. The average molecular weight is 654 g/mol. The molecule has 2 heterocycles. The number of hydrogen-bond donors (Lipinski definition) is 0. The maximum absolute atomic E-state index is 6.48. The number of hydrogen-bond acceptors (Lipinski definition) is 3. The van der Waals surface area contributed by atoms with Gasteiger partial charge in [0.1, 0.15) is 5.52 Å². The molecule has 10 aromatic rings. The summed E-state index contributed by atoms with van der Waals surface area (Å²) in [6.45, 7) is 0. The Hall–Kier alpha value is -6.91. The maximum Gasteiger partial charge on any atom is 0.227 e. The van der Waals surface area contributed by atoms with Crippen LogP contribution in [0.3, 0.4) is 0 Å². The second-order valence-electron chi connectivity index (χ2n) is 12.8. The Kier molecular flexibility index (Phi) is 6.78. The van der Waals surface area contributed by atoms with Gasteiger partial charge in [0.15, 0.2) is 5.58 Å². The molecule has 0 aliphatic rings. The van der Waals surface area contributed by atoms with Gasteiger partial charge in [-0.25, -0.2) is 4.98 Å². The number of oxazole rings is 1. The molecule has 4 heteroatoms. The lowest BCUT2D eigenvalue weighted by molar-refractivity contribution is 0.623. The molecule has 0 bridgehead atoms. The van der Waals surface area contributed by atoms with Crippen molar-refractivity contribution in [3.8, 4) is 28.3 Å². The number of rotatable bonds is 6. The van der Waals surface area contributed by atoms with E-state index in [0.29, 0.717) is 5.89 Å². The molecule has 0 aliphatic carbocycles. The van der Waals surface area contributed by atoms with Crippen molar-refractivity contribution in [1.82, 2.24) is 9.55 Å². The molecule has 240 valence electrons. The lowest BCUT2D eigenvalue weighted by Gasteiger charge is -2.26. The van der Waals surface area contributed by atoms with Crippen molar-refractivity contribution in [1.29, 1.82) is 0 Å². The van der Waals surface area contributed by atoms with Crippen LogP contribution in [0.25, 0.3) is 71.9 Å². The van der Waals surface area contributed by atoms with Crippen LogP contribution in [-0.2, 0) is 0 Å². The normalized spacial score (nSPS) is 11.5. The summed E-state index contributed by atoms with van der Waals surface area (Å²) in [7, 11) is 0. The smallest absolute Gasteiger partial charge is 0.227 e. The number of fused-ring (bicyclic) bond motifs is 6.